The van der Waals surface area contributed by atoms with Crippen molar-refractivity contribution in [3.63, 3.8) is 0 Å². The Labute approximate surface area is 232 Å². The average Bonchev–Trinajstić information content (AvgIpc) is 3.31. The van der Waals surface area contributed by atoms with E-state index < -0.39 is 12.1 Å². The molecule has 0 aliphatic rings. The lowest BCUT2D eigenvalue weighted by atomic mass is 10.1. The normalized spacial score (nSPS) is 10.5. The maximum Gasteiger partial charge on any atom is 0.407 e. The van der Waals surface area contributed by atoms with Gasteiger partial charge < -0.3 is 24.3 Å². The Morgan fingerprint density at radius 2 is 1.70 bits per heavy atom. The number of thiophene rings is 1. The van der Waals surface area contributed by atoms with Gasteiger partial charge >= 0.3 is 12.1 Å². The first-order valence-electron chi connectivity index (χ1n) is 10.9. The van der Waals surface area contributed by atoms with Crippen LogP contribution in [0.5, 0.6) is 17.2 Å². The number of methoxy groups -OCH3 is 1. The van der Waals surface area contributed by atoms with Crippen LogP contribution < -0.4 is 14.8 Å². The number of ether oxygens (including phenoxy) is 4. The molecule has 3 rings (SSSR count). The molecule has 0 fully saturated rings. The van der Waals surface area contributed by atoms with E-state index in [0.29, 0.717) is 38.3 Å². The second kappa shape index (κ2) is 13.5. The Morgan fingerprint density at radius 1 is 0.973 bits per heavy atom. The topological polar surface area (TPSA) is 100 Å². The Morgan fingerprint density at radius 3 is 2.32 bits per heavy atom. The Hall–Kier alpha value is -2.98. The van der Waals surface area contributed by atoms with Crippen LogP contribution in [0, 0.1) is 0 Å². The third kappa shape index (κ3) is 8.00. The van der Waals surface area contributed by atoms with Crippen LogP contribution in [0.1, 0.15) is 27.7 Å². The summed E-state index contributed by atoms with van der Waals surface area (Å²) in [5.74, 6) is 0.0736. The van der Waals surface area contributed by atoms with Crippen molar-refractivity contribution >= 4 is 64.0 Å². The van der Waals surface area contributed by atoms with Crippen molar-refractivity contribution in [1.29, 1.82) is 0 Å². The summed E-state index contributed by atoms with van der Waals surface area (Å²) >= 11 is 20.0. The summed E-state index contributed by atoms with van der Waals surface area (Å²) in [4.78, 5) is 36.4. The first kappa shape index (κ1) is 28.6. The van der Waals surface area contributed by atoms with E-state index in [4.69, 9.17) is 53.8 Å². The highest BCUT2D eigenvalue weighted by Crippen LogP contribution is 2.39. The van der Waals surface area contributed by atoms with E-state index in [1.807, 2.05) is 0 Å². The van der Waals surface area contributed by atoms with Crippen LogP contribution >= 0.6 is 46.1 Å². The fourth-order valence-corrected chi connectivity index (χ4v) is 4.74. The van der Waals surface area contributed by atoms with E-state index in [1.165, 1.54) is 13.2 Å². The molecule has 0 aliphatic heterocycles. The average molecular weight is 587 g/mol. The fourth-order valence-electron chi connectivity index (χ4n) is 3.14. The van der Waals surface area contributed by atoms with Gasteiger partial charge in [0.1, 0.15) is 18.0 Å². The molecule has 1 amide bonds. The number of carbonyl (C=O) groups excluding carboxylic acids is 3. The summed E-state index contributed by atoms with van der Waals surface area (Å²) < 4.78 is 21.5. The lowest BCUT2D eigenvalue weighted by Gasteiger charge is -2.14. The van der Waals surface area contributed by atoms with Crippen molar-refractivity contribution in [2.75, 3.05) is 26.9 Å². The maximum absolute atomic E-state index is 13.0. The number of benzene rings is 2. The molecule has 0 saturated heterocycles. The molecule has 0 spiro atoms. The molecule has 0 bridgehead atoms. The molecular formula is C25H22Cl3NO7S. The van der Waals surface area contributed by atoms with Crippen LogP contribution in [0.2, 0.25) is 14.4 Å². The standard InChI is InChI=1S/C25H22Cl3NO7S/c1-3-34-22(30)13-29-25(32)35-9-8-14-10-17(26)24(18(27)11-14)36-15-4-5-19(33-2)16(12-15)23(31)20-6-7-21(28)37-20/h4-7,10-12H,3,8-9,13H2,1-2H3,(H,29,32). The van der Waals surface area contributed by atoms with Crippen LogP contribution in [0.15, 0.2) is 42.5 Å². The SMILES string of the molecule is CCOC(=O)CNC(=O)OCCc1cc(Cl)c(Oc2ccc(OC)c(C(=O)c3ccc(Cl)s3)c2)c(Cl)c1. The van der Waals surface area contributed by atoms with Crippen molar-refractivity contribution in [2.24, 2.45) is 0 Å². The molecule has 12 heteroatoms. The van der Waals surface area contributed by atoms with Gasteiger partial charge in [0.15, 0.2) is 5.75 Å². The Kier molecular flexibility index (Phi) is 10.5. The van der Waals surface area contributed by atoms with E-state index in [-0.39, 0.29) is 41.3 Å². The maximum atomic E-state index is 13.0. The molecule has 1 aromatic heterocycles. The third-order valence-corrected chi connectivity index (χ3v) is 6.59. The van der Waals surface area contributed by atoms with Crippen molar-refractivity contribution in [3.8, 4) is 17.2 Å². The minimum absolute atomic E-state index is 0.0260. The molecule has 2 aromatic carbocycles. The minimum atomic E-state index is -0.750. The summed E-state index contributed by atoms with van der Waals surface area (Å²) in [5, 5.41) is 2.75. The number of rotatable bonds is 11. The van der Waals surface area contributed by atoms with Gasteiger partial charge in [-0.3, -0.25) is 9.59 Å². The molecular weight excluding hydrogens is 565 g/mol. The zero-order valence-electron chi connectivity index (χ0n) is 19.8. The van der Waals surface area contributed by atoms with E-state index in [2.05, 4.69) is 5.32 Å². The lowest BCUT2D eigenvalue weighted by molar-refractivity contribution is -0.141. The summed E-state index contributed by atoms with van der Waals surface area (Å²) in [6.45, 7) is 1.63. The van der Waals surface area contributed by atoms with Crippen LogP contribution in [-0.2, 0) is 20.7 Å². The lowest BCUT2D eigenvalue weighted by Crippen LogP contribution is -2.31. The molecule has 0 aliphatic carbocycles. The summed E-state index contributed by atoms with van der Waals surface area (Å²) in [6.07, 6.45) is -0.434. The first-order valence-corrected chi connectivity index (χ1v) is 12.9. The number of carbonyl (C=O) groups is 3. The first-order chi connectivity index (χ1) is 17.7. The quantitative estimate of drug-likeness (QED) is 0.200. The van der Waals surface area contributed by atoms with Gasteiger partial charge in [0, 0.05) is 6.42 Å². The zero-order valence-corrected chi connectivity index (χ0v) is 22.9. The van der Waals surface area contributed by atoms with Crippen molar-refractivity contribution in [2.45, 2.75) is 13.3 Å². The van der Waals surface area contributed by atoms with Gasteiger partial charge in [0.05, 0.1) is 45.1 Å². The third-order valence-electron chi connectivity index (χ3n) is 4.80. The highest BCUT2D eigenvalue weighted by atomic mass is 35.5. The molecule has 8 nitrogen and oxygen atoms in total. The molecule has 37 heavy (non-hydrogen) atoms. The summed E-state index contributed by atoms with van der Waals surface area (Å²) in [7, 11) is 1.47. The van der Waals surface area contributed by atoms with Gasteiger partial charge in [-0.2, -0.15) is 0 Å². The molecule has 196 valence electrons. The molecule has 1 heterocycles. The Bertz CT molecular complexity index is 1270. The number of amides is 1. The van der Waals surface area contributed by atoms with Gasteiger partial charge in [-0.05, 0) is 55.0 Å². The Balaban J connectivity index is 1.66. The summed E-state index contributed by atoms with van der Waals surface area (Å²) in [6, 6.07) is 11.3. The van der Waals surface area contributed by atoms with E-state index >= 15 is 0 Å². The summed E-state index contributed by atoms with van der Waals surface area (Å²) in [5.41, 5.74) is 0.987. The molecule has 3 aromatic rings. The predicted octanol–water partition coefficient (Wildman–Crippen LogP) is 6.57. The highest BCUT2D eigenvalue weighted by Gasteiger charge is 2.19. The number of alkyl carbamates (subject to hydrolysis) is 1. The second-order valence-electron chi connectivity index (χ2n) is 7.33. The van der Waals surface area contributed by atoms with Crippen LogP contribution in [0.25, 0.3) is 0 Å². The van der Waals surface area contributed by atoms with Gasteiger partial charge in [-0.1, -0.05) is 34.8 Å². The monoisotopic (exact) mass is 585 g/mol. The van der Waals surface area contributed by atoms with Crippen molar-refractivity contribution < 1.29 is 33.3 Å². The number of esters is 1. The fraction of sp³-hybridized carbons (Fsp3) is 0.240. The second-order valence-corrected chi connectivity index (χ2v) is 9.86. The van der Waals surface area contributed by atoms with Gasteiger partial charge in [-0.15, -0.1) is 11.3 Å². The number of ketones is 1. The van der Waals surface area contributed by atoms with E-state index in [0.717, 1.165) is 11.3 Å². The van der Waals surface area contributed by atoms with Crippen molar-refractivity contribution in [1.82, 2.24) is 5.32 Å². The largest absolute Gasteiger partial charge is 0.496 e. The minimum Gasteiger partial charge on any atom is -0.496 e. The molecule has 0 saturated carbocycles. The highest BCUT2D eigenvalue weighted by molar-refractivity contribution is 7.18. The number of halogens is 3. The van der Waals surface area contributed by atoms with Crippen molar-refractivity contribution in [3.05, 3.63) is 72.9 Å². The number of hydrogen-bond donors (Lipinski definition) is 1. The van der Waals surface area contributed by atoms with Crippen LogP contribution in [0.4, 0.5) is 4.79 Å². The van der Waals surface area contributed by atoms with E-state index in [1.54, 1.807) is 43.3 Å². The predicted molar refractivity (Wildman–Crippen MR) is 142 cm³/mol. The smallest absolute Gasteiger partial charge is 0.407 e. The zero-order chi connectivity index (χ0) is 26.9. The molecule has 0 radical (unpaired) electrons. The molecule has 0 unspecified atom stereocenters. The van der Waals surface area contributed by atoms with Crippen LogP contribution in [0.3, 0.4) is 0 Å². The molecule has 1 N–H and O–H groups in total. The van der Waals surface area contributed by atoms with Gasteiger partial charge in [0.2, 0.25) is 5.78 Å². The number of hydrogen-bond acceptors (Lipinski definition) is 8. The van der Waals surface area contributed by atoms with E-state index in [9.17, 15) is 14.4 Å². The molecule has 0 atom stereocenters. The van der Waals surface area contributed by atoms with Crippen LogP contribution in [-0.4, -0.2) is 44.7 Å². The van der Waals surface area contributed by atoms with Gasteiger partial charge in [0.25, 0.3) is 0 Å². The van der Waals surface area contributed by atoms with Gasteiger partial charge in [-0.25, -0.2) is 4.79 Å². The number of nitrogens with one attached hydrogen (secondary N) is 1.